The van der Waals surface area contributed by atoms with Crippen LogP contribution in [0.2, 0.25) is 5.02 Å². The third kappa shape index (κ3) is 9.55. The lowest BCUT2D eigenvalue weighted by Gasteiger charge is -2.34. The summed E-state index contributed by atoms with van der Waals surface area (Å²) in [6, 6.07) is 14.9. The molecule has 1 aliphatic rings. The van der Waals surface area contributed by atoms with Crippen molar-refractivity contribution in [1.29, 1.82) is 0 Å². The lowest BCUT2D eigenvalue weighted by molar-refractivity contribution is -0.0959. The first-order valence-corrected chi connectivity index (χ1v) is 16.4. The number of fused-ring (bicyclic) bond motifs is 1. The Morgan fingerprint density at radius 2 is 1.66 bits per heavy atom. The smallest absolute Gasteiger partial charge is 0.384 e. The van der Waals surface area contributed by atoms with Gasteiger partial charge in [0.25, 0.3) is 0 Å². The van der Waals surface area contributed by atoms with Gasteiger partial charge in [-0.3, -0.25) is 4.79 Å². The third-order valence-electron chi connectivity index (χ3n) is 8.30. The number of rotatable bonds is 16. The van der Waals surface area contributed by atoms with Gasteiger partial charge in [-0.2, -0.15) is 13.2 Å². The Hall–Kier alpha value is -2.90. The number of aromatic nitrogens is 1. The summed E-state index contributed by atoms with van der Waals surface area (Å²) in [6.45, 7) is 4.29. The molecular weight excluding hydrogens is 606 g/mol. The second-order valence-corrected chi connectivity index (χ2v) is 12.9. The quantitative estimate of drug-likeness (QED) is 0.0923. The van der Waals surface area contributed by atoms with Crippen molar-refractivity contribution in [3.63, 3.8) is 0 Å². The van der Waals surface area contributed by atoms with Crippen molar-refractivity contribution in [2.75, 3.05) is 18.4 Å². The molecule has 0 spiro atoms. The SMILES string of the molecule is CC(Cl)C(C)N1C=C(CCCCCCCCCCNc2ccc(Cl)cc2C(=O)c2cc3ccccc3[nH]2)C=C(C(F)(F)F)C1. The van der Waals surface area contributed by atoms with Gasteiger partial charge in [-0.25, -0.2) is 0 Å². The van der Waals surface area contributed by atoms with Crippen molar-refractivity contribution in [2.24, 2.45) is 0 Å². The number of nitrogens with zero attached hydrogens (tertiary/aromatic N) is 1. The number of hydrogen-bond acceptors (Lipinski definition) is 3. The Labute approximate surface area is 268 Å². The van der Waals surface area contributed by atoms with E-state index in [0.29, 0.717) is 22.7 Å². The van der Waals surface area contributed by atoms with Crippen molar-refractivity contribution < 1.29 is 18.0 Å². The molecule has 1 aromatic heterocycles. The highest BCUT2D eigenvalue weighted by molar-refractivity contribution is 6.31. The predicted molar refractivity (Wildman–Crippen MR) is 177 cm³/mol. The number of benzene rings is 2. The summed E-state index contributed by atoms with van der Waals surface area (Å²) in [6.07, 6.45) is 7.87. The average Bonchev–Trinajstić information content (AvgIpc) is 3.43. The molecule has 44 heavy (non-hydrogen) atoms. The van der Waals surface area contributed by atoms with Crippen molar-refractivity contribution in [3.05, 3.63) is 88.2 Å². The van der Waals surface area contributed by atoms with Gasteiger partial charge in [-0.05, 0) is 75.1 Å². The summed E-state index contributed by atoms with van der Waals surface area (Å²) in [4.78, 5) is 18.2. The summed E-state index contributed by atoms with van der Waals surface area (Å²) in [7, 11) is 0. The topological polar surface area (TPSA) is 48.1 Å². The number of hydrogen-bond donors (Lipinski definition) is 2. The zero-order chi connectivity index (χ0) is 31.7. The first-order chi connectivity index (χ1) is 21.0. The predicted octanol–water partition coefficient (Wildman–Crippen LogP) is 10.7. The van der Waals surface area contributed by atoms with E-state index < -0.39 is 11.7 Å². The number of halogens is 5. The maximum absolute atomic E-state index is 13.5. The van der Waals surface area contributed by atoms with Crippen LogP contribution in [0.25, 0.3) is 10.9 Å². The van der Waals surface area contributed by atoms with Crippen molar-refractivity contribution in [3.8, 4) is 0 Å². The molecule has 0 saturated heterocycles. The first kappa shape index (κ1) is 34.0. The maximum atomic E-state index is 13.5. The molecule has 3 aromatic rings. The Morgan fingerprint density at radius 3 is 2.34 bits per heavy atom. The fourth-order valence-corrected chi connectivity index (χ4v) is 5.85. The van der Waals surface area contributed by atoms with Crippen LogP contribution in [0.15, 0.2) is 72.0 Å². The molecule has 0 radical (unpaired) electrons. The van der Waals surface area contributed by atoms with Crippen LogP contribution in [0.1, 0.15) is 87.7 Å². The van der Waals surface area contributed by atoms with Gasteiger partial charge < -0.3 is 15.2 Å². The van der Waals surface area contributed by atoms with E-state index >= 15 is 0 Å². The van der Waals surface area contributed by atoms with E-state index in [1.807, 2.05) is 56.4 Å². The molecule has 0 saturated carbocycles. The minimum Gasteiger partial charge on any atom is -0.384 e. The molecule has 2 aromatic carbocycles. The molecule has 2 atom stereocenters. The Balaban J connectivity index is 1.14. The van der Waals surface area contributed by atoms with Crippen LogP contribution in [0.4, 0.5) is 18.9 Å². The Bertz CT molecular complexity index is 1430. The molecule has 4 nitrogen and oxygen atoms in total. The number of nitrogens with one attached hydrogen (secondary N) is 2. The summed E-state index contributed by atoms with van der Waals surface area (Å²) < 4.78 is 40.4. The summed E-state index contributed by atoms with van der Waals surface area (Å²) in [5.41, 5.74) is 3.01. The highest BCUT2D eigenvalue weighted by atomic mass is 35.5. The lowest BCUT2D eigenvalue weighted by Crippen LogP contribution is -2.39. The molecule has 1 aliphatic heterocycles. The maximum Gasteiger partial charge on any atom is 0.414 e. The van der Waals surface area contributed by atoms with Crippen LogP contribution in [0.5, 0.6) is 0 Å². The number of carbonyl (C=O) groups excluding carboxylic acids is 1. The van der Waals surface area contributed by atoms with Gasteiger partial charge in [0, 0.05) is 52.5 Å². The standard InChI is InChI=1S/C35H42Cl2F3N3O/c1-24(36)25(2)43-22-26(19-28(23-43)35(38,39)40)13-9-7-5-3-4-6-8-12-18-41-32-17-16-29(37)21-30(32)34(44)33-20-27-14-10-11-15-31(27)42-33/h10-11,14-17,19-22,24-25,41-42H,3-9,12-13,18,23H2,1-2H3. The molecule has 4 rings (SSSR count). The molecular formula is C35H42Cl2F3N3O. The fourth-order valence-electron chi connectivity index (χ4n) is 5.53. The number of allylic oxidation sites excluding steroid dienone is 2. The highest BCUT2D eigenvalue weighted by Gasteiger charge is 2.37. The van der Waals surface area contributed by atoms with Gasteiger partial charge in [-0.1, -0.05) is 68.3 Å². The average molecular weight is 649 g/mol. The van der Waals surface area contributed by atoms with E-state index in [2.05, 4.69) is 10.3 Å². The van der Waals surface area contributed by atoms with Gasteiger partial charge in [0.2, 0.25) is 5.78 Å². The Kier molecular flexibility index (Phi) is 12.3. The van der Waals surface area contributed by atoms with Crippen LogP contribution in [-0.2, 0) is 0 Å². The van der Waals surface area contributed by atoms with E-state index in [4.69, 9.17) is 23.2 Å². The van der Waals surface area contributed by atoms with Crippen LogP contribution >= 0.6 is 23.2 Å². The third-order valence-corrected chi connectivity index (χ3v) is 8.90. The molecule has 2 N–H and O–H groups in total. The zero-order valence-corrected chi connectivity index (χ0v) is 27.0. The molecule has 0 bridgehead atoms. The minimum atomic E-state index is -4.32. The number of H-pyrrole nitrogens is 1. The molecule has 0 aliphatic carbocycles. The molecule has 0 amide bonds. The van der Waals surface area contributed by atoms with Crippen molar-refractivity contribution in [2.45, 2.75) is 89.2 Å². The molecule has 238 valence electrons. The van der Waals surface area contributed by atoms with E-state index in [-0.39, 0.29) is 23.7 Å². The largest absolute Gasteiger partial charge is 0.414 e. The summed E-state index contributed by atoms with van der Waals surface area (Å²) >= 11 is 12.4. The fraction of sp³-hybridized carbons (Fsp3) is 0.457. The van der Waals surface area contributed by atoms with E-state index in [9.17, 15) is 18.0 Å². The van der Waals surface area contributed by atoms with E-state index in [0.717, 1.165) is 80.1 Å². The van der Waals surface area contributed by atoms with Crippen LogP contribution < -0.4 is 5.32 Å². The van der Waals surface area contributed by atoms with Gasteiger partial charge >= 0.3 is 6.18 Å². The van der Waals surface area contributed by atoms with Crippen molar-refractivity contribution >= 4 is 45.6 Å². The number of anilines is 1. The lowest BCUT2D eigenvalue weighted by atomic mass is 9.99. The molecule has 2 unspecified atom stereocenters. The molecule has 2 heterocycles. The van der Waals surface area contributed by atoms with Crippen LogP contribution in [0, 0.1) is 0 Å². The van der Waals surface area contributed by atoms with Gasteiger partial charge in [0.05, 0.1) is 16.6 Å². The van der Waals surface area contributed by atoms with E-state index in [1.54, 1.807) is 17.0 Å². The number of unbranched alkanes of at least 4 members (excludes halogenated alkanes) is 7. The van der Waals surface area contributed by atoms with Gasteiger partial charge in [0.15, 0.2) is 0 Å². The second-order valence-electron chi connectivity index (χ2n) is 11.8. The number of alkyl halides is 4. The number of aromatic amines is 1. The molecule has 9 heteroatoms. The summed E-state index contributed by atoms with van der Waals surface area (Å²) in [5, 5.41) is 4.68. The van der Waals surface area contributed by atoms with Gasteiger partial charge in [-0.15, -0.1) is 11.6 Å². The van der Waals surface area contributed by atoms with Gasteiger partial charge in [0.1, 0.15) is 0 Å². The van der Waals surface area contributed by atoms with E-state index in [1.165, 1.54) is 6.08 Å². The second kappa shape index (κ2) is 15.9. The molecule has 0 fully saturated rings. The number of ketones is 1. The normalized spacial score (nSPS) is 15.2. The van der Waals surface area contributed by atoms with Crippen LogP contribution in [-0.4, -0.2) is 46.4 Å². The van der Waals surface area contributed by atoms with Crippen LogP contribution in [0.3, 0.4) is 0 Å². The first-order valence-electron chi connectivity index (χ1n) is 15.6. The number of para-hydroxylation sites is 1. The highest BCUT2D eigenvalue weighted by Crippen LogP contribution is 2.33. The summed E-state index contributed by atoms with van der Waals surface area (Å²) in [5.74, 6) is -0.0977. The minimum absolute atomic E-state index is 0.0977. The zero-order valence-electron chi connectivity index (χ0n) is 25.5. The van der Waals surface area contributed by atoms with Crippen molar-refractivity contribution in [1.82, 2.24) is 9.88 Å². The number of carbonyl (C=O) groups is 1. The Morgan fingerprint density at radius 1 is 0.977 bits per heavy atom. The monoisotopic (exact) mass is 647 g/mol.